The maximum Gasteiger partial charge on any atom is 0.271 e. The highest BCUT2D eigenvalue weighted by Gasteiger charge is 2.12. The molecule has 0 unspecified atom stereocenters. The fourth-order valence-corrected chi connectivity index (χ4v) is 3.67. The summed E-state index contributed by atoms with van der Waals surface area (Å²) >= 11 is 1.43. The van der Waals surface area contributed by atoms with Gasteiger partial charge in [-0.2, -0.15) is 0 Å². The predicted octanol–water partition coefficient (Wildman–Crippen LogP) is 5.22. The predicted molar refractivity (Wildman–Crippen MR) is 113 cm³/mol. The van der Waals surface area contributed by atoms with Gasteiger partial charge in [-0.1, -0.05) is 42.0 Å². The first-order valence-corrected chi connectivity index (χ1v) is 10.1. The normalized spacial score (nSPS) is 10.7. The van der Waals surface area contributed by atoms with E-state index in [1.54, 1.807) is 17.7 Å². The third kappa shape index (κ3) is 4.92. The maximum atomic E-state index is 12.3. The molecule has 2 aromatic carbocycles. The van der Waals surface area contributed by atoms with Gasteiger partial charge in [0.1, 0.15) is 28.8 Å². The molecule has 2 aromatic heterocycles. The van der Waals surface area contributed by atoms with Crippen LogP contribution >= 0.6 is 11.3 Å². The number of aromatic nitrogens is 1. The van der Waals surface area contributed by atoms with Crippen molar-refractivity contribution in [3.8, 4) is 16.3 Å². The molecule has 4 aromatic rings. The Morgan fingerprint density at radius 3 is 2.86 bits per heavy atom. The van der Waals surface area contributed by atoms with Crippen molar-refractivity contribution >= 4 is 17.2 Å². The lowest BCUT2D eigenvalue weighted by atomic mass is 10.1. The molecule has 0 spiro atoms. The minimum Gasteiger partial charge on any atom is -0.489 e. The minimum atomic E-state index is -0.226. The van der Waals surface area contributed by atoms with Gasteiger partial charge in [-0.15, -0.1) is 11.3 Å². The Morgan fingerprint density at radius 1 is 1.14 bits per heavy atom. The Labute approximate surface area is 173 Å². The van der Waals surface area contributed by atoms with Crippen LogP contribution in [0.2, 0.25) is 0 Å². The highest BCUT2D eigenvalue weighted by Crippen LogP contribution is 2.27. The van der Waals surface area contributed by atoms with Crippen LogP contribution in [0, 0.1) is 6.92 Å². The number of nitrogens with one attached hydrogen (secondary N) is 1. The summed E-state index contributed by atoms with van der Waals surface area (Å²) in [5.41, 5.74) is 3.64. The molecule has 6 heteroatoms. The highest BCUT2D eigenvalue weighted by atomic mass is 32.1. The Hall–Kier alpha value is -3.38. The zero-order valence-corrected chi connectivity index (χ0v) is 16.7. The first-order valence-electron chi connectivity index (χ1n) is 9.22. The maximum absolute atomic E-state index is 12.3. The first-order chi connectivity index (χ1) is 14.2. The number of rotatable bonds is 7. The van der Waals surface area contributed by atoms with Crippen LogP contribution < -0.4 is 10.1 Å². The van der Waals surface area contributed by atoms with Crippen molar-refractivity contribution in [1.29, 1.82) is 0 Å². The van der Waals surface area contributed by atoms with Crippen molar-refractivity contribution in [2.45, 2.75) is 20.1 Å². The Bertz CT molecular complexity index is 1100. The van der Waals surface area contributed by atoms with Crippen LogP contribution in [0.3, 0.4) is 0 Å². The molecule has 0 bridgehead atoms. The number of ether oxygens (including phenoxy) is 1. The number of benzene rings is 2. The SMILES string of the molecule is Cc1cccc(COc2cccc(-c3nc(C(=O)NCc4ccco4)cs3)c2)c1. The summed E-state index contributed by atoms with van der Waals surface area (Å²) in [7, 11) is 0. The highest BCUT2D eigenvalue weighted by molar-refractivity contribution is 7.13. The topological polar surface area (TPSA) is 64.4 Å². The van der Waals surface area contributed by atoms with Crippen LogP contribution in [-0.2, 0) is 13.2 Å². The molecule has 0 aliphatic heterocycles. The number of amides is 1. The number of carbonyl (C=O) groups excluding carboxylic acids is 1. The zero-order chi connectivity index (χ0) is 20.1. The molecular formula is C23H20N2O3S. The van der Waals surface area contributed by atoms with E-state index in [1.807, 2.05) is 42.5 Å². The lowest BCUT2D eigenvalue weighted by molar-refractivity contribution is 0.0944. The number of furan rings is 1. The number of hydrogen-bond donors (Lipinski definition) is 1. The van der Waals surface area contributed by atoms with E-state index in [1.165, 1.54) is 16.9 Å². The van der Waals surface area contributed by atoms with Gasteiger partial charge in [0, 0.05) is 10.9 Å². The van der Waals surface area contributed by atoms with E-state index in [0.29, 0.717) is 24.6 Å². The second kappa shape index (κ2) is 8.75. The van der Waals surface area contributed by atoms with E-state index in [2.05, 4.69) is 29.4 Å². The quantitative estimate of drug-likeness (QED) is 0.459. The van der Waals surface area contributed by atoms with E-state index in [-0.39, 0.29) is 5.91 Å². The van der Waals surface area contributed by atoms with Gasteiger partial charge in [0.05, 0.1) is 12.8 Å². The number of nitrogens with zero attached hydrogens (tertiary/aromatic N) is 1. The van der Waals surface area contributed by atoms with E-state index in [9.17, 15) is 4.79 Å². The van der Waals surface area contributed by atoms with Gasteiger partial charge >= 0.3 is 0 Å². The van der Waals surface area contributed by atoms with Crippen molar-refractivity contribution in [3.63, 3.8) is 0 Å². The van der Waals surface area contributed by atoms with Gasteiger partial charge in [-0.25, -0.2) is 4.98 Å². The minimum absolute atomic E-state index is 0.226. The monoisotopic (exact) mass is 404 g/mol. The molecule has 0 saturated heterocycles. The van der Waals surface area contributed by atoms with E-state index in [4.69, 9.17) is 9.15 Å². The first kappa shape index (κ1) is 19.0. The number of carbonyl (C=O) groups is 1. The molecule has 5 nitrogen and oxygen atoms in total. The standard InChI is InChI=1S/C23H20N2O3S/c1-16-5-2-6-17(11-16)14-28-19-8-3-7-18(12-19)23-25-21(15-29-23)22(26)24-13-20-9-4-10-27-20/h2-12,15H,13-14H2,1H3,(H,24,26). The van der Waals surface area contributed by atoms with E-state index >= 15 is 0 Å². The molecule has 4 rings (SSSR count). The summed E-state index contributed by atoms with van der Waals surface area (Å²) in [4.78, 5) is 16.8. The van der Waals surface area contributed by atoms with E-state index < -0.39 is 0 Å². The summed E-state index contributed by atoms with van der Waals surface area (Å²) < 4.78 is 11.2. The van der Waals surface area contributed by atoms with Crippen molar-refractivity contribution < 1.29 is 13.9 Å². The molecule has 0 radical (unpaired) electrons. The third-order valence-corrected chi connectivity index (χ3v) is 5.20. The van der Waals surface area contributed by atoms with Gasteiger partial charge in [-0.3, -0.25) is 4.79 Å². The molecule has 1 N–H and O–H groups in total. The molecule has 0 atom stereocenters. The average Bonchev–Trinajstić information content (AvgIpc) is 3.43. The van der Waals surface area contributed by atoms with Crippen molar-refractivity contribution in [3.05, 3.63) is 94.9 Å². The molecule has 0 saturated carbocycles. The van der Waals surface area contributed by atoms with Crippen LogP contribution in [0.15, 0.2) is 76.7 Å². The third-order valence-electron chi connectivity index (χ3n) is 4.31. The fourth-order valence-electron chi connectivity index (χ4n) is 2.87. The van der Waals surface area contributed by atoms with Gasteiger partial charge in [0.25, 0.3) is 5.91 Å². The summed E-state index contributed by atoms with van der Waals surface area (Å²) in [6.07, 6.45) is 1.58. The van der Waals surface area contributed by atoms with Gasteiger partial charge in [0.15, 0.2) is 0 Å². The van der Waals surface area contributed by atoms with Gasteiger partial charge in [0.2, 0.25) is 0 Å². The van der Waals surface area contributed by atoms with Crippen LogP contribution in [0.4, 0.5) is 0 Å². The average molecular weight is 404 g/mol. The van der Waals surface area contributed by atoms with Crippen molar-refractivity contribution in [2.24, 2.45) is 0 Å². The summed E-state index contributed by atoms with van der Waals surface area (Å²) in [6.45, 7) is 2.90. The van der Waals surface area contributed by atoms with Gasteiger partial charge in [-0.05, 0) is 36.8 Å². The fraction of sp³-hybridized carbons (Fsp3) is 0.130. The molecule has 29 heavy (non-hydrogen) atoms. The van der Waals surface area contributed by atoms with Crippen molar-refractivity contribution in [2.75, 3.05) is 0 Å². The zero-order valence-electron chi connectivity index (χ0n) is 15.9. The molecule has 0 fully saturated rings. The van der Waals surface area contributed by atoms with E-state index in [0.717, 1.165) is 21.9 Å². The van der Waals surface area contributed by atoms with Crippen LogP contribution in [0.25, 0.3) is 10.6 Å². The Kier molecular flexibility index (Phi) is 5.72. The molecule has 2 heterocycles. The Balaban J connectivity index is 1.41. The molecule has 0 aliphatic rings. The number of thiazole rings is 1. The molecule has 1 amide bonds. The Morgan fingerprint density at radius 2 is 2.03 bits per heavy atom. The smallest absolute Gasteiger partial charge is 0.271 e. The molecular weight excluding hydrogens is 384 g/mol. The summed E-state index contributed by atoms with van der Waals surface area (Å²) in [5, 5.41) is 5.34. The number of aryl methyl sites for hydroxylation is 1. The van der Waals surface area contributed by atoms with Crippen molar-refractivity contribution in [1.82, 2.24) is 10.3 Å². The lowest BCUT2D eigenvalue weighted by Gasteiger charge is -2.08. The van der Waals surface area contributed by atoms with Crippen LogP contribution in [0.1, 0.15) is 27.4 Å². The summed E-state index contributed by atoms with van der Waals surface area (Å²) in [6, 6.07) is 19.6. The summed E-state index contributed by atoms with van der Waals surface area (Å²) in [5.74, 6) is 1.24. The largest absolute Gasteiger partial charge is 0.489 e. The lowest BCUT2D eigenvalue weighted by Crippen LogP contribution is -2.22. The van der Waals surface area contributed by atoms with Gasteiger partial charge < -0.3 is 14.5 Å². The second-order valence-corrected chi connectivity index (χ2v) is 7.46. The molecule has 146 valence electrons. The van der Waals surface area contributed by atoms with Crippen LogP contribution in [0.5, 0.6) is 5.75 Å². The number of hydrogen-bond acceptors (Lipinski definition) is 5. The van der Waals surface area contributed by atoms with Crippen LogP contribution in [-0.4, -0.2) is 10.9 Å². The second-order valence-electron chi connectivity index (χ2n) is 6.61. The molecule has 0 aliphatic carbocycles.